The first-order chi connectivity index (χ1) is 22.0. The van der Waals surface area contributed by atoms with Crippen molar-refractivity contribution >= 4 is 39.1 Å². The lowest BCUT2D eigenvalue weighted by atomic mass is 9.90. The van der Waals surface area contributed by atoms with E-state index in [0.717, 1.165) is 80.8 Å². The van der Waals surface area contributed by atoms with E-state index < -0.39 is 5.54 Å². The van der Waals surface area contributed by atoms with Gasteiger partial charge in [-0.2, -0.15) is 0 Å². The van der Waals surface area contributed by atoms with Crippen molar-refractivity contribution in [3.8, 4) is 0 Å². The normalized spacial score (nSPS) is 22.2. The van der Waals surface area contributed by atoms with Crippen molar-refractivity contribution in [3.05, 3.63) is 71.1 Å². The highest BCUT2D eigenvalue weighted by Crippen LogP contribution is 2.34. The Morgan fingerprint density at radius 1 is 0.956 bits per heavy atom. The Morgan fingerprint density at radius 2 is 1.71 bits per heavy atom. The molecule has 1 aromatic heterocycles. The van der Waals surface area contributed by atoms with Crippen LogP contribution < -0.4 is 16.0 Å². The third-order valence-corrected chi connectivity index (χ3v) is 11.1. The molecule has 3 aromatic rings. The van der Waals surface area contributed by atoms with Crippen LogP contribution in [0.25, 0.3) is 10.1 Å². The average molecular weight is 631 g/mol. The fourth-order valence-corrected chi connectivity index (χ4v) is 8.29. The van der Waals surface area contributed by atoms with Gasteiger partial charge in [0.15, 0.2) is 0 Å². The van der Waals surface area contributed by atoms with Gasteiger partial charge in [-0.25, -0.2) is 0 Å². The second-order valence-corrected chi connectivity index (χ2v) is 14.1. The zero-order chi connectivity index (χ0) is 31.1. The van der Waals surface area contributed by atoms with Gasteiger partial charge in [0.1, 0.15) is 5.54 Å². The summed E-state index contributed by atoms with van der Waals surface area (Å²) in [5.74, 6) is 0.287. The Kier molecular flexibility index (Phi) is 10.5. The average Bonchev–Trinajstić information content (AvgIpc) is 3.73. The molecule has 1 aliphatic carbocycles. The van der Waals surface area contributed by atoms with Gasteiger partial charge in [-0.05, 0) is 80.5 Å². The predicted molar refractivity (Wildman–Crippen MR) is 178 cm³/mol. The molecule has 2 aliphatic heterocycles. The van der Waals surface area contributed by atoms with Crippen LogP contribution in [0.4, 0.5) is 0 Å². The largest absolute Gasteiger partial charge is 0.381 e. The maximum atomic E-state index is 13.4. The number of nitrogens with zero attached hydrogens (tertiary/aromatic N) is 1. The van der Waals surface area contributed by atoms with Crippen LogP contribution >= 0.6 is 11.3 Å². The van der Waals surface area contributed by atoms with Crippen LogP contribution in [0.3, 0.4) is 0 Å². The molecule has 3 heterocycles. The van der Waals surface area contributed by atoms with Crippen molar-refractivity contribution in [1.82, 2.24) is 20.9 Å². The van der Waals surface area contributed by atoms with Gasteiger partial charge in [-0.15, -0.1) is 11.3 Å². The Labute approximate surface area is 270 Å². The van der Waals surface area contributed by atoms with Crippen molar-refractivity contribution in [2.24, 2.45) is 5.92 Å². The minimum absolute atomic E-state index is 0.0439. The number of nitrogens with one attached hydrogen (secondary N) is 3. The standard InChI is InChI=1S/C36H46N4O4S/c41-33(38-29-14-21-40(20-13-26-15-22-44-23-16-26)30(25-29)27-8-2-1-3-9-27)12-19-37-35(43)36(17-6-7-18-36)39-34(42)32-24-28-10-4-5-11-31(28)45-32/h1-5,8-11,24,26,29-30H,6-7,12-23,25H2,(H,37,43)(H,38,41)(H,39,42). The monoisotopic (exact) mass is 630 g/mol. The molecule has 9 heteroatoms. The third-order valence-electron chi connectivity index (χ3n) is 9.96. The van der Waals surface area contributed by atoms with Crippen molar-refractivity contribution in [2.45, 2.75) is 81.8 Å². The van der Waals surface area contributed by atoms with Gasteiger partial charge in [0, 0.05) is 49.5 Å². The summed E-state index contributed by atoms with van der Waals surface area (Å²) in [5.41, 5.74) is 0.375. The molecule has 3 aliphatic rings. The molecule has 3 fully saturated rings. The van der Waals surface area contributed by atoms with E-state index in [4.69, 9.17) is 4.74 Å². The van der Waals surface area contributed by atoms with Crippen LogP contribution in [0.2, 0.25) is 0 Å². The van der Waals surface area contributed by atoms with E-state index in [9.17, 15) is 14.4 Å². The maximum Gasteiger partial charge on any atom is 0.262 e. The molecule has 0 bridgehead atoms. The molecule has 2 atom stereocenters. The van der Waals surface area contributed by atoms with Crippen molar-refractivity contribution in [1.29, 1.82) is 0 Å². The lowest BCUT2D eigenvalue weighted by Crippen LogP contribution is -2.57. The molecular formula is C36H46N4O4S. The fraction of sp³-hybridized carbons (Fsp3) is 0.528. The number of ether oxygens (including phenoxy) is 1. The number of amides is 3. The Hall–Kier alpha value is -3.27. The molecule has 240 valence electrons. The molecule has 6 rings (SSSR count). The molecule has 3 N–H and O–H groups in total. The van der Waals surface area contributed by atoms with Crippen molar-refractivity contribution in [3.63, 3.8) is 0 Å². The number of hydrogen-bond donors (Lipinski definition) is 3. The first kappa shape index (κ1) is 31.7. The van der Waals surface area contributed by atoms with E-state index in [1.165, 1.54) is 23.3 Å². The number of hydrogen-bond acceptors (Lipinski definition) is 6. The number of carbonyl (C=O) groups is 3. The predicted octanol–water partition coefficient (Wildman–Crippen LogP) is 5.59. The fourth-order valence-electron chi connectivity index (χ4n) is 7.34. The van der Waals surface area contributed by atoms with Gasteiger partial charge in [0.05, 0.1) is 4.88 Å². The molecule has 2 unspecified atom stereocenters. The van der Waals surface area contributed by atoms with E-state index in [-0.39, 0.29) is 42.8 Å². The molecule has 1 saturated carbocycles. The summed E-state index contributed by atoms with van der Waals surface area (Å²) >= 11 is 1.44. The van der Waals surface area contributed by atoms with E-state index in [0.29, 0.717) is 17.7 Å². The van der Waals surface area contributed by atoms with Crippen LogP contribution in [0, 0.1) is 5.92 Å². The summed E-state index contributed by atoms with van der Waals surface area (Å²) in [7, 11) is 0. The first-order valence-corrected chi connectivity index (χ1v) is 17.6. The van der Waals surface area contributed by atoms with Crippen LogP contribution in [0.5, 0.6) is 0 Å². The molecular weight excluding hydrogens is 584 g/mol. The summed E-state index contributed by atoms with van der Waals surface area (Å²) in [6.07, 6.45) is 8.49. The number of fused-ring (bicyclic) bond motifs is 1. The lowest BCUT2D eigenvalue weighted by Gasteiger charge is -2.41. The zero-order valence-corrected chi connectivity index (χ0v) is 26.9. The number of benzene rings is 2. The topological polar surface area (TPSA) is 99.8 Å². The Balaban J connectivity index is 0.993. The van der Waals surface area contributed by atoms with Crippen molar-refractivity contribution < 1.29 is 19.1 Å². The number of carbonyl (C=O) groups excluding carboxylic acids is 3. The quantitative estimate of drug-likeness (QED) is 0.257. The van der Waals surface area contributed by atoms with E-state index in [1.807, 2.05) is 30.3 Å². The minimum atomic E-state index is -0.926. The Morgan fingerprint density at radius 3 is 2.49 bits per heavy atom. The summed E-state index contributed by atoms with van der Waals surface area (Å²) in [5, 5.41) is 10.3. The number of thiophene rings is 1. The maximum absolute atomic E-state index is 13.4. The van der Waals surface area contributed by atoms with Gasteiger partial charge in [-0.1, -0.05) is 61.4 Å². The van der Waals surface area contributed by atoms with E-state index in [1.54, 1.807) is 0 Å². The highest BCUT2D eigenvalue weighted by atomic mass is 32.1. The van der Waals surface area contributed by atoms with E-state index >= 15 is 0 Å². The number of piperidine rings is 1. The van der Waals surface area contributed by atoms with Crippen LogP contribution in [-0.2, 0) is 14.3 Å². The third kappa shape index (κ3) is 7.94. The summed E-state index contributed by atoms with van der Waals surface area (Å²) in [4.78, 5) is 42.9. The van der Waals surface area contributed by atoms with Crippen LogP contribution in [-0.4, -0.2) is 67.1 Å². The van der Waals surface area contributed by atoms with Crippen LogP contribution in [0.1, 0.15) is 85.5 Å². The first-order valence-electron chi connectivity index (χ1n) is 16.7. The molecule has 2 saturated heterocycles. The molecule has 0 radical (unpaired) electrons. The second kappa shape index (κ2) is 14.9. The SMILES string of the molecule is O=C(CCNC(=O)C1(NC(=O)c2cc3ccccc3s2)CCCC1)NC1CCN(CCC2CCOCC2)C(c2ccccc2)C1. The minimum Gasteiger partial charge on any atom is -0.381 e. The van der Waals surface area contributed by atoms with Crippen molar-refractivity contribution in [2.75, 3.05) is 32.8 Å². The molecule has 45 heavy (non-hydrogen) atoms. The number of rotatable bonds is 11. The summed E-state index contributed by atoms with van der Waals surface area (Å²) < 4.78 is 6.60. The highest BCUT2D eigenvalue weighted by Gasteiger charge is 2.42. The highest BCUT2D eigenvalue weighted by molar-refractivity contribution is 7.20. The number of likely N-dealkylation sites (tertiary alicyclic amines) is 1. The van der Waals surface area contributed by atoms with Gasteiger partial charge in [0.2, 0.25) is 11.8 Å². The van der Waals surface area contributed by atoms with Gasteiger partial charge < -0.3 is 20.7 Å². The Bertz CT molecular complexity index is 1410. The van der Waals surface area contributed by atoms with Gasteiger partial charge in [0.25, 0.3) is 5.91 Å². The summed E-state index contributed by atoms with van der Waals surface area (Å²) in [6, 6.07) is 20.8. The smallest absolute Gasteiger partial charge is 0.262 e. The second-order valence-electron chi connectivity index (χ2n) is 13.0. The molecule has 8 nitrogen and oxygen atoms in total. The van der Waals surface area contributed by atoms with Gasteiger partial charge in [-0.3, -0.25) is 19.3 Å². The van der Waals surface area contributed by atoms with Crippen LogP contribution in [0.15, 0.2) is 60.7 Å². The molecule has 2 aromatic carbocycles. The summed E-state index contributed by atoms with van der Waals surface area (Å²) in [6.45, 7) is 4.02. The molecule has 0 spiro atoms. The lowest BCUT2D eigenvalue weighted by molar-refractivity contribution is -0.127. The van der Waals surface area contributed by atoms with Gasteiger partial charge >= 0.3 is 0 Å². The zero-order valence-electron chi connectivity index (χ0n) is 26.1. The van der Waals surface area contributed by atoms with E-state index in [2.05, 4.69) is 51.2 Å². The molecule has 3 amide bonds.